The number of hydrogen-bond acceptors (Lipinski definition) is 0. The summed E-state index contributed by atoms with van der Waals surface area (Å²) in [6, 6.07) is 16.5. The van der Waals surface area contributed by atoms with Gasteiger partial charge in [-0.3, -0.25) is 0 Å². The van der Waals surface area contributed by atoms with E-state index < -0.39 is 0 Å². The second kappa shape index (κ2) is 5.20. The molecule has 0 aliphatic carbocycles. The van der Waals surface area contributed by atoms with Crippen molar-refractivity contribution in [3.8, 4) is 11.1 Å². The van der Waals surface area contributed by atoms with E-state index in [0.717, 1.165) is 5.02 Å². The average Bonchev–Trinajstić information content (AvgIpc) is 2.39. The van der Waals surface area contributed by atoms with Gasteiger partial charge in [-0.15, -0.1) is 0 Å². The van der Waals surface area contributed by atoms with Gasteiger partial charge in [-0.1, -0.05) is 54.1 Å². The molecule has 0 aliphatic heterocycles. The molecular weight excluding hydrogens is 228 g/mol. The van der Waals surface area contributed by atoms with E-state index in [-0.39, 0.29) is 0 Å². The van der Waals surface area contributed by atoms with Crippen LogP contribution in [0.5, 0.6) is 0 Å². The maximum atomic E-state index is 5.88. The van der Waals surface area contributed by atoms with Gasteiger partial charge in [-0.2, -0.15) is 0 Å². The van der Waals surface area contributed by atoms with Crippen LogP contribution in [-0.2, 0) is 0 Å². The van der Waals surface area contributed by atoms with Crippen molar-refractivity contribution in [3.63, 3.8) is 0 Å². The summed E-state index contributed by atoms with van der Waals surface area (Å²) in [5, 5.41) is 0.773. The molecule has 0 saturated carbocycles. The Kier molecular flexibility index (Phi) is 3.65. The fourth-order valence-corrected chi connectivity index (χ4v) is 1.86. The van der Waals surface area contributed by atoms with Crippen molar-refractivity contribution in [3.05, 3.63) is 65.2 Å². The summed E-state index contributed by atoms with van der Waals surface area (Å²) in [5.74, 6) is 0. The SMILES string of the molecule is CC=C(C)c1ccc(-c2ccc(Cl)cc2)cc1. The highest BCUT2D eigenvalue weighted by Gasteiger charge is 1.99. The molecule has 2 rings (SSSR count). The predicted octanol–water partition coefficient (Wildman–Crippen LogP) is 5.43. The summed E-state index contributed by atoms with van der Waals surface area (Å²) < 4.78 is 0. The monoisotopic (exact) mass is 242 g/mol. The van der Waals surface area contributed by atoms with Gasteiger partial charge in [-0.05, 0) is 48.2 Å². The molecule has 0 unspecified atom stereocenters. The van der Waals surface area contributed by atoms with Crippen molar-refractivity contribution in [1.29, 1.82) is 0 Å². The number of halogens is 1. The lowest BCUT2D eigenvalue weighted by Crippen LogP contribution is -1.81. The molecule has 0 fully saturated rings. The van der Waals surface area contributed by atoms with Crippen LogP contribution in [0.25, 0.3) is 16.7 Å². The van der Waals surface area contributed by atoms with E-state index in [1.165, 1.54) is 22.3 Å². The number of benzene rings is 2. The van der Waals surface area contributed by atoms with Crippen LogP contribution in [-0.4, -0.2) is 0 Å². The topological polar surface area (TPSA) is 0 Å². The van der Waals surface area contributed by atoms with Gasteiger partial charge in [0.15, 0.2) is 0 Å². The predicted molar refractivity (Wildman–Crippen MR) is 76.2 cm³/mol. The lowest BCUT2D eigenvalue weighted by Gasteiger charge is -2.05. The molecule has 0 bridgehead atoms. The fourth-order valence-electron chi connectivity index (χ4n) is 1.73. The maximum absolute atomic E-state index is 5.88. The minimum absolute atomic E-state index is 0.773. The van der Waals surface area contributed by atoms with Gasteiger partial charge in [0.25, 0.3) is 0 Å². The molecule has 0 saturated heterocycles. The van der Waals surface area contributed by atoms with Crippen molar-refractivity contribution < 1.29 is 0 Å². The lowest BCUT2D eigenvalue weighted by atomic mass is 10.0. The number of allylic oxidation sites excluding steroid dienone is 2. The fraction of sp³-hybridized carbons (Fsp3) is 0.125. The van der Waals surface area contributed by atoms with Crippen molar-refractivity contribution >= 4 is 17.2 Å². The molecule has 2 aromatic rings. The van der Waals surface area contributed by atoms with Crippen molar-refractivity contribution in [2.45, 2.75) is 13.8 Å². The highest BCUT2D eigenvalue weighted by Crippen LogP contribution is 2.23. The van der Waals surface area contributed by atoms with Crippen molar-refractivity contribution in [2.24, 2.45) is 0 Å². The molecular formula is C16H15Cl. The first-order valence-corrected chi connectivity index (χ1v) is 6.08. The van der Waals surface area contributed by atoms with Crippen LogP contribution in [0.15, 0.2) is 54.6 Å². The molecule has 0 N–H and O–H groups in total. The van der Waals surface area contributed by atoms with Crippen LogP contribution in [0.3, 0.4) is 0 Å². The largest absolute Gasteiger partial charge is 0.0843 e. The maximum Gasteiger partial charge on any atom is 0.0406 e. The second-order valence-electron chi connectivity index (χ2n) is 4.06. The summed E-state index contributed by atoms with van der Waals surface area (Å²) in [6.45, 7) is 4.18. The van der Waals surface area contributed by atoms with Gasteiger partial charge in [0.1, 0.15) is 0 Å². The minimum atomic E-state index is 0.773. The summed E-state index contributed by atoms with van der Waals surface area (Å²) in [7, 11) is 0. The van der Waals surface area contributed by atoms with Gasteiger partial charge in [0, 0.05) is 5.02 Å². The van der Waals surface area contributed by atoms with E-state index in [0.29, 0.717) is 0 Å². The van der Waals surface area contributed by atoms with Crippen LogP contribution in [0.4, 0.5) is 0 Å². The molecule has 1 heteroatoms. The smallest absolute Gasteiger partial charge is 0.0406 e. The first kappa shape index (κ1) is 11.9. The molecule has 0 spiro atoms. The van der Waals surface area contributed by atoms with E-state index in [2.05, 4.69) is 44.2 Å². The Hall–Kier alpha value is -1.53. The van der Waals surface area contributed by atoms with Crippen LogP contribution < -0.4 is 0 Å². The Labute approximate surface area is 108 Å². The quantitative estimate of drug-likeness (QED) is 0.659. The van der Waals surface area contributed by atoms with Crippen LogP contribution in [0.1, 0.15) is 19.4 Å². The summed E-state index contributed by atoms with van der Waals surface area (Å²) >= 11 is 5.88. The normalized spacial score (nSPS) is 11.6. The summed E-state index contributed by atoms with van der Waals surface area (Å²) in [6.07, 6.45) is 2.12. The molecule has 0 aromatic heterocycles. The van der Waals surface area contributed by atoms with E-state index >= 15 is 0 Å². The molecule has 0 heterocycles. The zero-order valence-corrected chi connectivity index (χ0v) is 10.8. The zero-order valence-electron chi connectivity index (χ0n) is 10.1. The van der Waals surface area contributed by atoms with Gasteiger partial charge < -0.3 is 0 Å². The Bertz CT molecular complexity index is 518. The van der Waals surface area contributed by atoms with Crippen LogP contribution >= 0.6 is 11.6 Å². The first-order valence-electron chi connectivity index (χ1n) is 5.70. The van der Waals surface area contributed by atoms with E-state index in [9.17, 15) is 0 Å². The minimum Gasteiger partial charge on any atom is -0.0843 e. The molecule has 0 amide bonds. The van der Waals surface area contributed by atoms with Gasteiger partial charge in [0.05, 0.1) is 0 Å². The van der Waals surface area contributed by atoms with Crippen molar-refractivity contribution in [2.75, 3.05) is 0 Å². The standard InChI is InChI=1S/C16H15Cl/c1-3-12(2)13-4-6-14(7-5-13)15-8-10-16(17)11-9-15/h3-11H,1-2H3. The highest BCUT2D eigenvalue weighted by molar-refractivity contribution is 6.30. The number of hydrogen-bond donors (Lipinski definition) is 0. The van der Waals surface area contributed by atoms with Crippen LogP contribution in [0, 0.1) is 0 Å². The molecule has 2 aromatic carbocycles. The lowest BCUT2D eigenvalue weighted by molar-refractivity contribution is 1.53. The van der Waals surface area contributed by atoms with Gasteiger partial charge in [-0.25, -0.2) is 0 Å². The Morgan fingerprint density at radius 2 is 1.35 bits per heavy atom. The summed E-state index contributed by atoms with van der Waals surface area (Å²) in [5.41, 5.74) is 4.98. The first-order chi connectivity index (χ1) is 8.20. The molecule has 86 valence electrons. The van der Waals surface area contributed by atoms with Crippen molar-refractivity contribution in [1.82, 2.24) is 0 Å². The molecule has 0 atom stereocenters. The third kappa shape index (κ3) is 2.78. The highest BCUT2D eigenvalue weighted by atomic mass is 35.5. The Balaban J connectivity index is 2.32. The molecule has 0 radical (unpaired) electrons. The van der Waals surface area contributed by atoms with E-state index in [1.807, 2.05) is 24.3 Å². The van der Waals surface area contributed by atoms with Gasteiger partial charge >= 0.3 is 0 Å². The average molecular weight is 243 g/mol. The molecule has 0 nitrogen and oxygen atoms in total. The number of rotatable bonds is 2. The third-order valence-electron chi connectivity index (χ3n) is 2.95. The van der Waals surface area contributed by atoms with E-state index in [4.69, 9.17) is 11.6 Å². The second-order valence-corrected chi connectivity index (χ2v) is 4.49. The molecule has 17 heavy (non-hydrogen) atoms. The third-order valence-corrected chi connectivity index (χ3v) is 3.20. The zero-order chi connectivity index (χ0) is 12.3. The molecule has 0 aliphatic rings. The van der Waals surface area contributed by atoms with Gasteiger partial charge in [0.2, 0.25) is 0 Å². The van der Waals surface area contributed by atoms with E-state index in [1.54, 1.807) is 0 Å². The van der Waals surface area contributed by atoms with Crippen LogP contribution in [0.2, 0.25) is 5.02 Å². The Morgan fingerprint density at radius 1 is 0.882 bits per heavy atom. The Morgan fingerprint density at radius 3 is 1.82 bits per heavy atom. The summed E-state index contributed by atoms with van der Waals surface area (Å²) in [4.78, 5) is 0.